The molecule has 2 aromatic heterocycles. The second kappa shape index (κ2) is 18.1. The van der Waals surface area contributed by atoms with E-state index < -0.39 is 49.5 Å². The fourth-order valence-corrected chi connectivity index (χ4v) is 8.02. The minimum Gasteiger partial charge on any atom is -0.445 e. The van der Waals surface area contributed by atoms with Crippen LogP contribution in [0.4, 0.5) is 17.6 Å². The van der Waals surface area contributed by atoms with Gasteiger partial charge in [0, 0.05) is 30.0 Å². The zero-order valence-electron chi connectivity index (χ0n) is 30.7. The number of H-pyrrole nitrogens is 2. The molecule has 0 spiro atoms. The molecule has 58 heavy (non-hydrogen) atoms. The summed E-state index contributed by atoms with van der Waals surface area (Å²) in [5, 5.41) is 0.167. The van der Waals surface area contributed by atoms with Crippen molar-refractivity contribution < 1.29 is 26.0 Å². The Morgan fingerprint density at radius 3 is 1.38 bits per heavy atom. The van der Waals surface area contributed by atoms with Crippen molar-refractivity contribution in [2.24, 2.45) is 0 Å². The van der Waals surface area contributed by atoms with Gasteiger partial charge in [-0.3, -0.25) is 0 Å². The number of hydrogen-bond donors (Lipinski definition) is 4. The van der Waals surface area contributed by atoms with Gasteiger partial charge in [-0.25, -0.2) is 36.5 Å². The topological polar surface area (TPSA) is 139 Å². The highest BCUT2D eigenvalue weighted by Gasteiger charge is 2.34. The van der Waals surface area contributed by atoms with Crippen LogP contribution in [0.15, 0.2) is 84.0 Å². The molecule has 1 unspecified atom stereocenters. The number of aromatic amines is 2. The molecule has 0 aliphatic heterocycles. The third-order valence-electron chi connectivity index (χ3n) is 9.36. The Morgan fingerprint density at radius 2 is 1.05 bits per heavy atom. The van der Waals surface area contributed by atoms with E-state index in [0.29, 0.717) is 34.4 Å². The highest BCUT2D eigenvalue weighted by molar-refractivity contribution is 7.91. The van der Waals surface area contributed by atoms with Gasteiger partial charge in [-0.1, -0.05) is 70.7 Å². The van der Waals surface area contributed by atoms with Gasteiger partial charge in [0.15, 0.2) is 5.03 Å². The lowest BCUT2D eigenvalue weighted by atomic mass is 9.90. The van der Waals surface area contributed by atoms with Crippen LogP contribution >= 0.6 is 46.4 Å². The van der Waals surface area contributed by atoms with Crippen molar-refractivity contribution in [1.82, 2.24) is 19.9 Å². The molecule has 1 atom stereocenters. The summed E-state index contributed by atoms with van der Waals surface area (Å²) in [6.45, 7) is 0. The standard InChI is InChI=1S/C20H17Cl2F2N3OS.C19H14Cl2F2N2.CH4NOS/c1-29(25,28)20-18(10-2-3-10)26-19(27-20)17(11-4-6-15(23)13(21)8-11)12-5-7-16(24)14(22)9-12;20-13-7-11(3-5-15(13)22)18(12-4-6-16(23)14(21)8-12)19-24-9-17(25-19)10-1-2-10;1-4(2)3/h4-10,17,25H,2-3H2,1H3,(H,26,27);3-10,18H,1-2H2,(H,24,25);2H,1H3/q;;-1. The van der Waals surface area contributed by atoms with E-state index in [0.717, 1.165) is 42.5 Å². The molecule has 306 valence electrons. The second-order valence-electron chi connectivity index (χ2n) is 14.0. The summed E-state index contributed by atoms with van der Waals surface area (Å²) in [4.78, 5) is 15.6. The first-order valence-electron chi connectivity index (χ1n) is 17.6. The Hall–Kier alpha value is -3.92. The van der Waals surface area contributed by atoms with E-state index in [-0.39, 0.29) is 37.0 Å². The fourth-order valence-electron chi connectivity index (χ4n) is 6.36. The molecule has 2 fully saturated rings. The van der Waals surface area contributed by atoms with Crippen LogP contribution in [0.5, 0.6) is 0 Å². The van der Waals surface area contributed by atoms with Crippen LogP contribution < -0.4 is 0 Å². The first-order chi connectivity index (χ1) is 27.4. The van der Waals surface area contributed by atoms with Gasteiger partial charge in [0.2, 0.25) is 0 Å². The van der Waals surface area contributed by atoms with Crippen molar-refractivity contribution in [2.75, 3.05) is 12.5 Å². The molecule has 0 amide bonds. The third-order valence-corrected chi connectivity index (χ3v) is 11.6. The summed E-state index contributed by atoms with van der Waals surface area (Å²) in [5.74, 6) is -1.19. The first kappa shape index (κ1) is 43.7. The monoisotopic (exact) mass is 911 g/mol. The van der Waals surface area contributed by atoms with Crippen molar-refractivity contribution in [2.45, 2.75) is 54.4 Å². The maximum Gasteiger partial charge on any atom is 0.156 e. The van der Waals surface area contributed by atoms with E-state index in [1.807, 2.05) is 6.20 Å². The van der Waals surface area contributed by atoms with Crippen LogP contribution in [0, 0.1) is 32.8 Å². The summed E-state index contributed by atoms with van der Waals surface area (Å²) < 4.78 is 90.4. The van der Waals surface area contributed by atoms with Gasteiger partial charge in [-0.2, -0.15) is 10.6 Å². The minimum absolute atomic E-state index is 0.0321. The van der Waals surface area contributed by atoms with Crippen LogP contribution in [-0.2, 0) is 24.5 Å². The van der Waals surface area contributed by atoms with Gasteiger partial charge in [0.05, 0.1) is 47.3 Å². The molecule has 2 saturated carbocycles. The van der Waals surface area contributed by atoms with Crippen LogP contribution in [0.25, 0.3) is 0 Å². The predicted octanol–water partition coefficient (Wildman–Crippen LogP) is 12.5. The Balaban J connectivity index is 0.000000181. The van der Waals surface area contributed by atoms with E-state index in [2.05, 4.69) is 19.9 Å². The molecule has 8 nitrogen and oxygen atoms in total. The van der Waals surface area contributed by atoms with Gasteiger partial charge in [0.25, 0.3) is 0 Å². The molecule has 0 radical (unpaired) electrons. The van der Waals surface area contributed by atoms with Crippen LogP contribution in [0.2, 0.25) is 20.1 Å². The zero-order chi connectivity index (χ0) is 42.1. The van der Waals surface area contributed by atoms with Crippen molar-refractivity contribution in [1.29, 1.82) is 9.56 Å². The number of aromatic nitrogens is 4. The average molecular weight is 914 g/mol. The lowest BCUT2D eigenvalue weighted by Crippen LogP contribution is -2.07. The van der Waals surface area contributed by atoms with Gasteiger partial charge in [-0.15, -0.1) is 6.26 Å². The van der Waals surface area contributed by atoms with Gasteiger partial charge < -0.3 is 19.0 Å². The molecule has 2 aliphatic rings. The first-order valence-corrected chi connectivity index (χ1v) is 22.7. The van der Waals surface area contributed by atoms with Gasteiger partial charge in [-0.05, 0) is 96.5 Å². The molecule has 6 aromatic rings. The summed E-state index contributed by atoms with van der Waals surface area (Å²) in [7, 11) is -4.42. The SMILES string of the molecule is CS(=N)(=O)c1nc(C(c2ccc(F)c(Cl)c2)c2ccc(F)c(Cl)c2)[nH]c1C1CC1.C[S-](=N)=O.Fc1ccc(C(c2ccc(F)c(Cl)c2)c2ncc(C3CC3)[nH]2)cc1Cl. The molecular formula is C40H35Cl4F4N6O2S2-. The molecule has 0 bridgehead atoms. The number of nitrogens with one attached hydrogen (secondary N) is 4. The van der Waals surface area contributed by atoms with E-state index in [1.54, 1.807) is 36.4 Å². The molecule has 4 N–H and O–H groups in total. The maximum absolute atomic E-state index is 13.7. The Bertz CT molecular complexity index is 2550. The molecule has 4 aromatic carbocycles. The van der Waals surface area contributed by atoms with Crippen LogP contribution in [0.3, 0.4) is 0 Å². The van der Waals surface area contributed by atoms with Crippen molar-refractivity contribution in [3.8, 4) is 0 Å². The van der Waals surface area contributed by atoms with E-state index in [1.165, 1.54) is 48.9 Å². The van der Waals surface area contributed by atoms with Crippen molar-refractivity contribution in [3.05, 3.63) is 168 Å². The lowest BCUT2D eigenvalue weighted by Gasteiger charge is -2.17. The van der Waals surface area contributed by atoms with E-state index >= 15 is 0 Å². The number of rotatable bonds is 9. The minimum atomic E-state index is -3.06. The number of imidazole rings is 2. The smallest absolute Gasteiger partial charge is 0.156 e. The number of benzene rings is 4. The fraction of sp³-hybridized carbons (Fsp3) is 0.250. The Kier molecular flexibility index (Phi) is 13.7. The largest absolute Gasteiger partial charge is 0.445 e. The second-order valence-corrected chi connectivity index (χ2v) is 18.6. The van der Waals surface area contributed by atoms with Gasteiger partial charge in [0.1, 0.15) is 34.9 Å². The number of hydrogen-bond acceptors (Lipinski definition) is 7. The summed E-state index contributed by atoms with van der Waals surface area (Å²) in [6, 6.07) is 17.6. The molecule has 18 heteroatoms. The number of halogens is 8. The molecule has 2 heterocycles. The van der Waals surface area contributed by atoms with Gasteiger partial charge >= 0.3 is 0 Å². The van der Waals surface area contributed by atoms with E-state index in [4.69, 9.17) is 56.0 Å². The van der Waals surface area contributed by atoms with Crippen LogP contribution in [-0.4, -0.2) is 36.7 Å². The van der Waals surface area contributed by atoms with Crippen molar-refractivity contribution >= 4 is 66.7 Å². The quantitative estimate of drug-likeness (QED) is 0.0847. The van der Waals surface area contributed by atoms with Crippen molar-refractivity contribution in [3.63, 3.8) is 0 Å². The zero-order valence-corrected chi connectivity index (χ0v) is 35.4. The number of nitrogens with zero attached hydrogens (tertiary/aromatic N) is 2. The summed E-state index contributed by atoms with van der Waals surface area (Å²) in [6.07, 6.45) is 8.63. The average Bonchev–Trinajstić information content (AvgIpc) is 4.09. The highest BCUT2D eigenvalue weighted by Crippen LogP contribution is 2.44. The Labute approximate surface area is 354 Å². The summed E-state index contributed by atoms with van der Waals surface area (Å²) in [5.41, 5.74) is 4.50. The highest BCUT2D eigenvalue weighted by atomic mass is 35.5. The third kappa shape index (κ3) is 10.6. The molecule has 2 aliphatic carbocycles. The lowest BCUT2D eigenvalue weighted by molar-refractivity contribution is 0.601. The Morgan fingerprint density at radius 1 is 0.690 bits per heavy atom. The normalized spacial score (nSPS) is 14.8. The molecule has 0 saturated heterocycles. The molecular weight excluding hydrogens is 878 g/mol. The maximum atomic E-state index is 13.7. The predicted molar refractivity (Wildman–Crippen MR) is 220 cm³/mol. The van der Waals surface area contributed by atoms with E-state index in [9.17, 15) is 26.0 Å². The molecule has 8 rings (SSSR count). The van der Waals surface area contributed by atoms with Crippen LogP contribution in [0.1, 0.15) is 94.6 Å². The summed E-state index contributed by atoms with van der Waals surface area (Å²) >= 11 is 23.9.